The molecule has 0 atom stereocenters. The summed E-state index contributed by atoms with van der Waals surface area (Å²) in [6, 6.07) is 7.08. The monoisotopic (exact) mass is 266 g/mol. The lowest BCUT2D eigenvalue weighted by atomic mass is 10.1. The minimum atomic E-state index is -3.32. The van der Waals surface area contributed by atoms with Gasteiger partial charge in [0.15, 0.2) is 15.6 Å². The predicted molar refractivity (Wildman–Crippen MR) is 69.5 cm³/mol. The highest BCUT2D eigenvalue weighted by Crippen LogP contribution is 2.21. The van der Waals surface area contributed by atoms with Crippen LogP contribution in [0.4, 0.5) is 0 Å². The van der Waals surface area contributed by atoms with E-state index in [1.807, 2.05) is 0 Å². The number of carbonyl (C=O) groups excluding carboxylic acids is 1. The first kappa shape index (κ1) is 12.8. The summed E-state index contributed by atoms with van der Waals surface area (Å²) in [5.74, 6) is -0.827. The Bertz CT molecular complexity index is 667. The Hall–Kier alpha value is -1.62. The molecular weight excluding hydrogens is 252 g/mol. The first-order valence-corrected chi connectivity index (χ1v) is 7.55. The second-order valence-electron chi connectivity index (χ2n) is 4.16. The van der Waals surface area contributed by atoms with E-state index in [4.69, 9.17) is 4.42 Å². The summed E-state index contributed by atoms with van der Waals surface area (Å²) < 4.78 is 28.5. The van der Waals surface area contributed by atoms with Gasteiger partial charge in [0.1, 0.15) is 17.6 Å². The van der Waals surface area contributed by atoms with Crippen molar-refractivity contribution >= 4 is 26.6 Å². The van der Waals surface area contributed by atoms with Gasteiger partial charge in [-0.15, -0.1) is 0 Å². The van der Waals surface area contributed by atoms with Crippen LogP contribution in [0.5, 0.6) is 0 Å². The number of carbonyl (C=O) groups is 1. The van der Waals surface area contributed by atoms with Gasteiger partial charge in [-0.05, 0) is 12.5 Å². The zero-order chi connectivity index (χ0) is 13.2. The maximum atomic E-state index is 12.0. The van der Waals surface area contributed by atoms with Crippen LogP contribution in [-0.2, 0) is 9.84 Å². The van der Waals surface area contributed by atoms with Crippen LogP contribution in [0.3, 0.4) is 0 Å². The third kappa shape index (κ3) is 2.61. The van der Waals surface area contributed by atoms with Gasteiger partial charge in [0.05, 0.1) is 11.3 Å². The fourth-order valence-electron chi connectivity index (χ4n) is 1.85. The summed E-state index contributed by atoms with van der Waals surface area (Å²) in [6.45, 7) is 1.77. The number of fused-ring (bicyclic) bond motifs is 1. The molecular formula is C13H14O4S. The second kappa shape index (κ2) is 4.94. The summed E-state index contributed by atoms with van der Waals surface area (Å²) in [4.78, 5) is 12.0. The summed E-state index contributed by atoms with van der Waals surface area (Å²) >= 11 is 0. The van der Waals surface area contributed by atoms with E-state index >= 15 is 0 Å². The van der Waals surface area contributed by atoms with E-state index < -0.39 is 21.4 Å². The van der Waals surface area contributed by atoms with Crippen molar-refractivity contribution in [1.82, 2.24) is 0 Å². The van der Waals surface area contributed by atoms with Crippen LogP contribution >= 0.6 is 0 Å². The van der Waals surface area contributed by atoms with Crippen LogP contribution in [0.15, 0.2) is 34.9 Å². The van der Waals surface area contributed by atoms with Gasteiger partial charge >= 0.3 is 0 Å². The standard InChI is InChI=1S/C13H14O4S/c1-2-7-18(15,16)9-12(14)11-8-17-13-6-4-3-5-10(11)13/h3-6,8H,2,7,9H2,1H3. The first-order valence-electron chi connectivity index (χ1n) is 5.73. The van der Waals surface area contributed by atoms with Gasteiger partial charge in [-0.3, -0.25) is 4.79 Å². The number of sulfone groups is 1. The Balaban J connectivity index is 2.30. The minimum absolute atomic E-state index is 0.0362. The SMILES string of the molecule is CCCS(=O)(=O)CC(=O)c1coc2ccccc12. The lowest BCUT2D eigenvalue weighted by Gasteiger charge is -2.00. The van der Waals surface area contributed by atoms with Crippen molar-refractivity contribution in [2.45, 2.75) is 13.3 Å². The summed E-state index contributed by atoms with van der Waals surface area (Å²) in [6.07, 6.45) is 1.84. The molecule has 0 radical (unpaired) electrons. The smallest absolute Gasteiger partial charge is 0.181 e. The molecule has 1 aromatic carbocycles. The minimum Gasteiger partial charge on any atom is -0.464 e. The number of rotatable bonds is 5. The number of para-hydroxylation sites is 1. The van der Waals surface area contributed by atoms with Crippen LogP contribution < -0.4 is 0 Å². The molecule has 0 amide bonds. The van der Waals surface area contributed by atoms with Gasteiger partial charge in [-0.1, -0.05) is 25.1 Å². The molecule has 0 spiro atoms. The van der Waals surface area contributed by atoms with Crippen LogP contribution in [0.2, 0.25) is 0 Å². The lowest BCUT2D eigenvalue weighted by Crippen LogP contribution is -2.18. The van der Waals surface area contributed by atoms with Gasteiger partial charge in [0.2, 0.25) is 0 Å². The molecule has 0 fully saturated rings. The molecule has 5 heteroatoms. The van der Waals surface area contributed by atoms with Crippen LogP contribution in [0, 0.1) is 0 Å². The topological polar surface area (TPSA) is 64.3 Å². The van der Waals surface area contributed by atoms with Crippen molar-refractivity contribution in [1.29, 1.82) is 0 Å². The second-order valence-corrected chi connectivity index (χ2v) is 6.34. The predicted octanol–water partition coefficient (Wildman–Crippen LogP) is 2.44. The van der Waals surface area contributed by atoms with E-state index in [1.54, 1.807) is 31.2 Å². The molecule has 0 bridgehead atoms. The number of hydrogen-bond acceptors (Lipinski definition) is 4. The summed E-state index contributed by atoms with van der Waals surface area (Å²) in [5.41, 5.74) is 0.930. The molecule has 4 nitrogen and oxygen atoms in total. The van der Waals surface area contributed by atoms with Crippen molar-refractivity contribution in [3.63, 3.8) is 0 Å². The van der Waals surface area contributed by atoms with Crippen LogP contribution in [0.1, 0.15) is 23.7 Å². The molecule has 18 heavy (non-hydrogen) atoms. The van der Waals surface area contributed by atoms with E-state index in [0.29, 0.717) is 23.0 Å². The fraction of sp³-hybridized carbons (Fsp3) is 0.308. The average Bonchev–Trinajstić information content (AvgIpc) is 2.71. The maximum Gasteiger partial charge on any atom is 0.181 e. The van der Waals surface area contributed by atoms with Gasteiger partial charge in [0.25, 0.3) is 0 Å². The number of hydrogen-bond donors (Lipinski definition) is 0. The molecule has 1 heterocycles. The Morgan fingerprint density at radius 3 is 2.72 bits per heavy atom. The van der Waals surface area contributed by atoms with E-state index in [2.05, 4.69) is 0 Å². The molecule has 96 valence electrons. The highest BCUT2D eigenvalue weighted by molar-refractivity contribution is 7.92. The largest absolute Gasteiger partial charge is 0.464 e. The van der Waals surface area contributed by atoms with E-state index in [-0.39, 0.29) is 5.75 Å². The van der Waals surface area contributed by atoms with Gasteiger partial charge in [0, 0.05) is 5.39 Å². The molecule has 1 aromatic heterocycles. The maximum absolute atomic E-state index is 12.0. The highest BCUT2D eigenvalue weighted by Gasteiger charge is 2.20. The molecule has 0 saturated heterocycles. The molecule has 0 aliphatic carbocycles. The van der Waals surface area contributed by atoms with E-state index in [1.165, 1.54) is 6.26 Å². The quantitative estimate of drug-likeness (QED) is 0.780. The van der Waals surface area contributed by atoms with Crippen molar-refractivity contribution < 1.29 is 17.6 Å². The molecule has 2 aromatic rings. The summed E-state index contributed by atoms with van der Waals surface area (Å²) in [7, 11) is -3.32. The fourth-order valence-corrected chi connectivity index (χ4v) is 3.18. The van der Waals surface area contributed by atoms with Crippen molar-refractivity contribution in [3.8, 4) is 0 Å². The normalized spacial score (nSPS) is 11.8. The molecule has 0 aliphatic heterocycles. The van der Waals surface area contributed by atoms with Crippen molar-refractivity contribution in [3.05, 3.63) is 36.1 Å². The Kier molecular flexibility index (Phi) is 3.52. The zero-order valence-corrected chi connectivity index (χ0v) is 10.9. The van der Waals surface area contributed by atoms with Gasteiger partial charge in [-0.2, -0.15) is 0 Å². The van der Waals surface area contributed by atoms with E-state index in [0.717, 1.165) is 0 Å². The van der Waals surface area contributed by atoms with Crippen molar-refractivity contribution in [2.75, 3.05) is 11.5 Å². The molecule has 0 N–H and O–H groups in total. The number of Topliss-reactive ketones (excluding diaryl/α,β-unsaturated/α-hetero) is 1. The Morgan fingerprint density at radius 1 is 1.28 bits per heavy atom. The molecule has 0 unspecified atom stereocenters. The molecule has 0 saturated carbocycles. The van der Waals surface area contributed by atoms with Crippen molar-refractivity contribution in [2.24, 2.45) is 0 Å². The lowest BCUT2D eigenvalue weighted by molar-refractivity contribution is 0.102. The van der Waals surface area contributed by atoms with Gasteiger partial charge in [-0.25, -0.2) is 8.42 Å². The average molecular weight is 266 g/mol. The summed E-state index contributed by atoms with van der Waals surface area (Å²) in [5, 5.41) is 0.661. The number of furan rings is 1. The Labute approximate surface area is 106 Å². The van der Waals surface area contributed by atoms with Crippen LogP contribution in [-0.4, -0.2) is 25.7 Å². The number of ketones is 1. The van der Waals surface area contributed by atoms with Crippen LogP contribution in [0.25, 0.3) is 11.0 Å². The van der Waals surface area contributed by atoms with E-state index in [9.17, 15) is 13.2 Å². The third-order valence-corrected chi connectivity index (χ3v) is 4.38. The molecule has 2 rings (SSSR count). The molecule has 0 aliphatic rings. The zero-order valence-electron chi connectivity index (χ0n) is 10.0. The number of benzene rings is 1. The highest BCUT2D eigenvalue weighted by atomic mass is 32.2. The van der Waals surface area contributed by atoms with Gasteiger partial charge < -0.3 is 4.42 Å². The Morgan fingerprint density at radius 2 is 2.00 bits per heavy atom. The first-order chi connectivity index (χ1) is 8.53. The third-order valence-electron chi connectivity index (χ3n) is 2.65.